The van der Waals surface area contributed by atoms with Crippen LogP contribution in [-0.4, -0.2) is 56.2 Å². The summed E-state index contributed by atoms with van der Waals surface area (Å²) >= 11 is 0. The molecule has 5 aliphatic rings. The number of rotatable bonds is 5. The molecule has 4 saturated carbocycles. The highest BCUT2D eigenvalue weighted by molar-refractivity contribution is 5.46. The van der Waals surface area contributed by atoms with Crippen molar-refractivity contribution in [3.8, 4) is 11.5 Å². The Morgan fingerprint density at radius 1 is 0.852 bits per heavy atom. The van der Waals surface area contributed by atoms with E-state index in [-0.39, 0.29) is 0 Å². The van der Waals surface area contributed by atoms with Crippen LogP contribution in [0.3, 0.4) is 0 Å². The van der Waals surface area contributed by atoms with Crippen LogP contribution >= 0.6 is 0 Å². The van der Waals surface area contributed by atoms with Gasteiger partial charge >= 0.3 is 0 Å². The highest BCUT2D eigenvalue weighted by Crippen LogP contribution is 2.55. The van der Waals surface area contributed by atoms with Crippen molar-refractivity contribution in [1.82, 2.24) is 9.80 Å². The zero-order valence-electron chi connectivity index (χ0n) is 16.9. The predicted octanol–water partition coefficient (Wildman–Crippen LogP) is 3.65. The van der Waals surface area contributed by atoms with E-state index in [1.807, 2.05) is 6.07 Å². The summed E-state index contributed by atoms with van der Waals surface area (Å²) in [5.74, 6) is 5.89. The monoisotopic (exact) mass is 370 g/mol. The lowest BCUT2D eigenvalue weighted by Crippen LogP contribution is -2.60. The molecule has 0 N–H and O–H groups in total. The molecule has 1 aliphatic heterocycles. The molecule has 0 unspecified atom stereocenters. The summed E-state index contributed by atoms with van der Waals surface area (Å²) in [5, 5.41) is 0. The third-order valence-electron chi connectivity index (χ3n) is 7.88. The molecule has 27 heavy (non-hydrogen) atoms. The first-order valence-electron chi connectivity index (χ1n) is 10.9. The molecule has 0 atom stereocenters. The van der Waals surface area contributed by atoms with Crippen LogP contribution in [0.5, 0.6) is 11.5 Å². The van der Waals surface area contributed by atoms with E-state index in [0.717, 1.165) is 47.8 Å². The first-order valence-corrected chi connectivity index (χ1v) is 10.9. The van der Waals surface area contributed by atoms with Crippen LogP contribution in [0.25, 0.3) is 0 Å². The second-order valence-electron chi connectivity index (χ2n) is 9.39. The molecule has 0 spiro atoms. The molecule has 1 saturated heterocycles. The van der Waals surface area contributed by atoms with Gasteiger partial charge in [-0.15, -0.1) is 0 Å². The minimum Gasteiger partial charge on any atom is -0.493 e. The van der Waals surface area contributed by atoms with Crippen molar-refractivity contribution in [2.24, 2.45) is 23.7 Å². The van der Waals surface area contributed by atoms with Crippen LogP contribution in [0.1, 0.15) is 37.7 Å². The van der Waals surface area contributed by atoms with E-state index in [1.54, 1.807) is 20.6 Å². The van der Waals surface area contributed by atoms with Gasteiger partial charge in [-0.2, -0.15) is 0 Å². The quantitative estimate of drug-likeness (QED) is 0.790. The third kappa shape index (κ3) is 3.25. The summed E-state index contributed by atoms with van der Waals surface area (Å²) < 4.78 is 11.1. The number of benzene rings is 1. The Kier molecular flexibility index (Phi) is 4.81. The second-order valence-corrected chi connectivity index (χ2v) is 9.39. The van der Waals surface area contributed by atoms with E-state index in [0.29, 0.717) is 0 Å². The Labute approximate surface area is 163 Å². The number of hydrogen-bond acceptors (Lipinski definition) is 4. The highest BCUT2D eigenvalue weighted by Gasteiger charge is 2.50. The Morgan fingerprint density at radius 3 is 2.11 bits per heavy atom. The standard InChI is InChI=1S/C23H34N2O2/c1-26-21-5-3-4-18(23(21)27-2)15-24-6-8-25(9-7-24)22-19-11-16-10-17(13-19)14-20(22)12-16/h3-5,16-17,19-20,22H,6-15H2,1-2H3. The molecule has 0 aromatic heterocycles. The molecular weight excluding hydrogens is 336 g/mol. The van der Waals surface area contributed by atoms with Gasteiger partial charge in [0, 0.05) is 44.3 Å². The number of nitrogens with zero attached hydrogens (tertiary/aromatic N) is 2. The van der Waals surface area contributed by atoms with Crippen LogP contribution in [0.2, 0.25) is 0 Å². The molecule has 5 fully saturated rings. The van der Waals surface area contributed by atoms with Crippen LogP contribution in [0.15, 0.2) is 18.2 Å². The topological polar surface area (TPSA) is 24.9 Å². The van der Waals surface area contributed by atoms with E-state index in [9.17, 15) is 0 Å². The molecule has 1 aromatic carbocycles. The average Bonchev–Trinajstić information content (AvgIpc) is 2.68. The Morgan fingerprint density at radius 2 is 1.52 bits per heavy atom. The minimum atomic E-state index is 0.835. The highest BCUT2D eigenvalue weighted by atomic mass is 16.5. The summed E-state index contributed by atoms with van der Waals surface area (Å²) in [7, 11) is 3.46. The van der Waals surface area contributed by atoms with Gasteiger partial charge in [0.25, 0.3) is 0 Å². The fourth-order valence-electron chi connectivity index (χ4n) is 7.03. The molecule has 4 bridgehead atoms. The molecule has 1 aromatic rings. The zero-order chi connectivity index (χ0) is 18.4. The normalized spacial score (nSPS) is 36.1. The molecule has 4 aliphatic carbocycles. The molecule has 0 amide bonds. The second kappa shape index (κ2) is 7.29. The number of methoxy groups -OCH3 is 2. The Hall–Kier alpha value is -1.26. The SMILES string of the molecule is COc1cccc(CN2CCN(C3C4CC5CC(C4)CC3C5)CC2)c1OC. The summed E-state index contributed by atoms with van der Waals surface area (Å²) in [5.41, 5.74) is 1.24. The van der Waals surface area contributed by atoms with Gasteiger partial charge in [-0.05, 0) is 61.8 Å². The lowest BCUT2D eigenvalue weighted by molar-refractivity contribution is -0.0769. The molecular formula is C23H34N2O2. The van der Waals surface area contributed by atoms with Crippen LogP contribution in [-0.2, 0) is 6.54 Å². The van der Waals surface area contributed by atoms with Crippen LogP contribution < -0.4 is 9.47 Å². The first kappa shape index (κ1) is 17.8. The van der Waals surface area contributed by atoms with Gasteiger partial charge in [0.1, 0.15) is 0 Å². The van der Waals surface area contributed by atoms with Gasteiger partial charge in [-0.3, -0.25) is 9.80 Å². The van der Waals surface area contributed by atoms with Crippen molar-refractivity contribution in [3.63, 3.8) is 0 Å². The molecule has 148 valence electrons. The van der Waals surface area contributed by atoms with Gasteiger partial charge in [-0.25, -0.2) is 0 Å². The van der Waals surface area contributed by atoms with Gasteiger partial charge in [0.2, 0.25) is 0 Å². The fraction of sp³-hybridized carbons (Fsp3) is 0.739. The van der Waals surface area contributed by atoms with E-state index in [1.165, 1.54) is 57.4 Å². The van der Waals surface area contributed by atoms with Gasteiger partial charge < -0.3 is 9.47 Å². The van der Waals surface area contributed by atoms with E-state index in [4.69, 9.17) is 9.47 Å². The Balaban J connectivity index is 1.21. The Bertz CT molecular complexity index is 640. The average molecular weight is 371 g/mol. The van der Waals surface area contributed by atoms with E-state index in [2.05, 4.69) is 21.9 Å². The summed E-state index contributed by atoms with van der Waals surface area (Å²) in [6.45, 7) is 5.76. The van der Waals surface area contributed by atoms with Crippen molar-refractivity contribution in [1.29, 1.82) is 0 Å². The van der Waals surface area contributed by atoms with Crippen molar-refractivity contribution >= 4 is 0 Å². The lowest BCUT2D eigenvalue weighted by atomic mass is 9.54. The molecule has 4 heteroatoms. The zero-order valence-corrected chi connectivity index (χ0v) is 16.9. The third-order valence-corrected chi connectivity index (χ3v) is 7.88. The maximum Gasteiger partial charge on any atom is 0.165 e. The molecule has 1 heterocycles. The van der Waals surface area contributed by atoms with Crippen LogP contribution in [0, 0.1) is 23.7 Å². The summed E-state index contributed by atoms with van der Waals surface area (Å²) in [4.78, 5) is 5.45. The molecule has 4 nitrogen and oxygen atoms in total. The maximum atomic E-state index is 5.63. The lowest BCUT2D eigenvalue weighted by Gasteiger charge is -2.58. The fourth-order valence-corrected chi connectivity index (χ4v) is 7.03. The largest absolute Gasteiger partial charge is 0.493 e. The maximum absolute atomic E-state index is 5.63. The van der Waals surface area contributed by atoms with Crippen molar-refractivity contribution in [3.05, 3.63) is 23.8 Å². The molecule has 0 radical (unpaired) electrons. The molecule has 6 rings (SSSR count). The van der Waals surface area contributed by atoms with Crippen molar-refractivity contribution < 1.29 is 9.47 Å². The van der Waals surface area contributed by atoms with Crippen molar-refractivity contribution in [2.45, 2.75) is 44.7 Å². The predicted molar refractivity (Wildman–Crippen MR) is 107 cm³/mol. The summed E-state index contributed by atoms with van der Waals surface area (Å²) in [6.07, 6.45) is 7.66. The smallest absolute Gasteiger partial charge is 0.165 e. The first-order chi connectivity index (χ1) is 13.2. The van der Waals surface area contributed by atoms with Gasteiger partial charge in [0.15, 0.2) is 11.5 Å². The number of ether oxygens (including phenoxy) is 2. The number of para-hydroxylation sites is 1. The van der Waals surface area contributed by atoms with Crippen LogP contribution in [0.4, 0.5) is 0 Å². The van der Waals surface area contributed by atoms with Gasteiger partial charge in [-0.1, -0.05) is 12.1 Å². The van der Waals surface area contributed by atoms with Crippen molar-refractivity contribution in [2.75, 3.05) is 40.4 Å². The van der Waals surface area contributed by atoms with E-state index >= 15 is 0 Å². The summed E-state index contributed by atoms with van der Waals surface area (Å²) in [6, 6.07) is 7.12. The van der Waals surface area contributed by atoms with Gasteiger partial charge in [0.05, 0.1) is 14.2 Å². The van der Waals surface area contributed by atoms with E-state index < -0.39 is 0 Å². The minimum absolute atomic E-state index is 0.835. The number of piperazine rings is 1. The number of hydrogen-bond donors (Lipinski definition) is 0.